The van der Waals surface area contributed by atoms with E-state index >= 15 is 0 Å². The van der Waals surface area contributed by atoms with Crippen LogP contribution in [0.5, 0.6) is 0 Å². The second-order valence-electron chi connectivity index (χ2n) is 3.82. The molecule has 0 aliphatic carbocycles. The van der Waals surface area contributed by atoms with Crippen LogP contribution in [0.15, 0.2) is 48.8 Å². The summed E-state index contributed by atoms with van der Waals surface area (Å²) in [6, 6.07) is 10.3. The highest BCUT2D eigenvalue weighted by Gasteiger charge is 2.07. The summed E-state index contributed by atoms with van der Waals surface area (Å²) in [7, 11) is 0. The van der Waals surface area contributed by atoms with Crippen LogP contribution in [0.4, 0.5) is 0 Å². The highest BCUT2D eigenvalue weighted by Crippen LogP contribution is 2.16. The van der Waals surface area contributed by atoms with Gasteiger partial charge in [0.05, 0.1) is 17.4 Å². The number of pyridine rings is 1. The minimum absolute atomic E-state index is 0.253. The smallest absolute Gasteiger partial charge is 0.335 e. The van der Waals surface area contributed by atoms with E-state index in [1.165, 1.54) is 0 Å². The molecule has 5 heteroatoms. The summed E-state index contributed by atoms with van der Waals surface area (Å²) in [5.41, 5.74) is 1.79. The lowest BCUT2D eigenvalue weighted by Crippen LogP contribution is -2.00. The zero-order chi connectivity index (χ0) is 12.5. The largest absolute Gasteiger partial charge is 0.478 e. The van der Waals surface area contributed by atoms with Crippen molar-refractivity contribution in [1.82, 2.24) is 14.8 Å². The minimum Gasteiger partial charge on any atom is -0.478 e. The van der Waals surface area contributed by atoms with Gasteiger partial charge in [-0.1, -0.05) is 0 Å². The lowest BCUT2D eigenvalue weighted by Gasteiger charge is -2.02. The molecule has 0 atom stereocenters. The number of aromatic carboxylic acids is 1. The molecule has 1 aromatic carbocycles. The van der Waals surface area contributed by atoms with E-state index in [4.69, 9.17) is 5.11 Å². The van der Waals surface area contributed by atoms with Gasteiger partial charge in [-0.05, 0) is 36.4 Å². The molecule has 0 amide bonds. The maximum absolute atomic E-state index is 10.8. The summed E-state index contributed by atoms with van der Waals surface area (Å²) in [6.45, 7) is 0. The fraction of sp³-hybridized carbons (Fsp3) is 0. The number of aromatic nitrogens is 3. The first-order valence-electron chi connectivity index (χ1n) is 5.38. The Kier molecular flexibility index (Phi) is 2.30. The highest BCUT2D eigenvalue weighted by atomic mass is 16.4. The summed E-state index contributed by atoms with van der Waals surface area (Å²) < 4.78 is 1.68. The summed E-state index contributed by atoms with van der Waals surface area (Å²) in [5, 5.41) is 14.0. The Morgan fingerprint density at radius 3 is 2.67 bits per heavy atom. The number of carboxylic acid groups (broad SMARTS) is 1. The summed E-state index contributed by atoms with van der Waals surface area (Å²) in [4.78, 5) is 15.0. The molecule has 0 radical (unpaired) electrons. The van der Waals surface area contributed by atoms with E-state index < -0.39 is 5.97 Å². The van der Waals surface area contributed by atoms with Crippen LogP contribution < -0.4 is 0 Å². The second-order valence-corrected chi connectivity index (χ2v) is 3.82. The molecule has 5 nitrogen and oxygen atoms in total. The maximum Gasteiger partial charge on any atom is 0.335 e. The molecule has 88 valence electrons. The molecular weight excluding hydrogens is 230 g/mol. The van der Waals surface area contributed by atoms with Crippen LogP contribution in [0.1, 0.15) is 10.4 Å². The molecule has 0 fully saturated rings. The highest BCUT2D eigenvalue weighted by molar-refractivity contribution is 5.87. The van der Waals surface area contributed by atoms with E-state index in [1.54, 1.807) is 41.3 Å². The summed E-state index contributed by atoms with van der Waals surface area (Å²) in [6.07, 6.45) is 3.43. The van der Waals surface area contributed by atoms with E-state index in [1.807, 2.05) is 12.1 Å². The number of carboxylic acids is 1. The molecule has 0 saturated heterocycles. The van der Waals surface area contributed by atoms with Gasteiger partial charge >= 0.3 is 5.97 Å². The molecule has 3 rings (SSSR count). The van der Waals surface area contributed by atoms with Gasteiger partial charge in [0.25, 0.3) is 0 Å². The van der Waals surface area contributed by atoms with Crippen molar-refractivity contribution in [3.63, 3.8) is 0 Å². The van der Waals surface area contributed by atoms with Crippen LogP contribution >= 0.6 is 0 Å². The fourth-order valence-electron chi connectivity index (χ4n) is 1.80. The van der Waals surface area contributed by atoms with Crippen molar-refractivity contribution in [3.8, 4) is 5.69 Å². The number of benzene rings is 1. The Labute approximate surface area is 102 Å². The fourth-order valence-corrected chi connectivity index (χ4v) is 1.80. The molecule has 0 aliphatic heterocycles. The van der Waals surface area contributed by atoms with Gasteiger partial charge in [-0.15, -0.1) is 0 Å². The van der Waals surface area contributed by atoms with Crippen LogP contribution in [-0.4, -0.2) is 25.8 Å². The zero-order valence-electron chi connectivity index (χ0n) is 9.32. The quantitative estimate of drug-likeness (QED) is 0.743. The minimum atomic E-state index is -0.940. The van der Waals surface area contributed by atoms with Gasteiger partial charge in [0.1, 0.15) is 0 Å². The van der Waals surface area contributed by atoms with Gasteiger partial charge in [-0.3, -0.25) is 0 Å². The molecule has 0 spiro atoms. The maximum atomic E-state index is 10.8. The third-order valence-electron chi connectivity index (χ3n) is 2.69. The van der Waals surface area contributed by atoms with Gasteiger partial charge < -0.3 is 5.11 Å². The van der Waals surface area contributed by atoms with Crippen molar-refractivity contribution in [2.75, 3.05) is 0 Å². The normalized spacial score (nSPS) is 10.7. The molecule has 2 aromatic heterocycles. The standard InChI is InChI=1S/C13H9N3O2/c17-13(18)9-3-5-11(6-4-9)16-12-10(8-15-16)2-1-7-14-12/h1-8H,(H,17,18). The van der Waals surface area contributed by atoms with E-state index in [0.29, 0.717) is 0 Å². The third-order valence-corrected chi connectivity index (χ3v) is 2.69. The zero-order valence-corrected chi connectivity index (χ0v) is 9.32. The van der Waals surface area contributed by atoms with Crippen molar-refractivity contribution in [1.29, 1.82) is 0 Å². The van der Waals surface area contributed by atoms with Crippen molar-refractivity contribution in [3.05, 3.63) is 54.4 Å². The lowest BCUT2D eigenvalue weighted by molar-refractivity contribution is 0.0697. The van der Waals surface area contributed by atoms with Crippen LogP contribution in [0, 0.1) is 0 Å². The monoisotopic (exact) mass is 239 g/mol. The Balaban J connectivity index is 2.12. The Bertz CT molecular complexity index is 716. The second kappa shape index (κ2) is 3.96. The predicted molar refractivity (Wildman–Crippen MR) is 65.8 cm³/mol. The van der Waals surface area contributed by atoms with Crippen LogP contribution in [0.25, 0.3) is 16.7 Å². The van der Waals surface area contributed by atoms with Crippen LogP contribution in [0.2, 0.25) is 0 Å². The lowest BCUT2D eigenvalue weighted by atomic mass is 10.2. The number of rotatable bonds is 2. The first-order chi connectivity index (χ1) is 8.75. The van der Waals surface area contributed by atoms with Gasteiger partial charge in [0.15, 0.2) is 5.65 Å². The molecule has 2 heterocycles. The van der Waals surface area contributed by atoms with Gasteiger partial charge in [-0.25, -0.2) is 14.5 Å². The van der Waals surface area contributed by atoms with Crippen molar-refractivity contribution in [2.24, 2.45) is 0 Å². The molecule has 1 N–H and O–H groups in total. The predicted octanol–water partition coefficient (Wildman–Crippen LogP) is 2.12. The van der Waals surface area contributed by atoms with E-state index in [0.717, 1.165) is 16.7 Å². The SMILES string of the molecule is O=C(O)c1ccc(-n2ncc3cccnc32)cc1. The molecule has 0 unspecified atom stereocenters. The van der Waals surface area contributed by atoms with Crippen LogP contribution in [-0.2, 0) is 0 Å². The molecule has 18 heavy (non-hydrogen) atoms. The van der Waals surface area contributed by atoms with Gasteiger partial charge in [0, 0.05) is 11.6 Å². The Morgan fingerprint density at radius 1 is 1.17 bits per heavy atom. The van der Waals surface area contributed by atoms with E-state index in [2.05, 4.69) is 10.1 Å². The number of fused-ring (bicyclic) bond motifs is 1. The van der Waals surface area contributed by atoms with Crippen molar-refractivity contribution in [2.45, 2.75) is 0 Å². The first kappa shape index (κ1) is 10.5. The average molecular weight is 239 g/mol. The summed E-state index contributed by atoms with van der Waals surface area (Å²) >= 11 is 0. The van der Waals surface area contributed by atoms with Crippen molar-refractivity contribution < 1.29 is 9.90 Å². The third kappa shape index (κ3) is 1.62. The van der Waals surface area contributed by atoms with Crippen LogP contribution in [0.3, 0.4) is 0 Å². The number of nitrogens with zero attached hydrogens (tertiary/aromatic N) is 3. The Hall–Kier alpha value is -2.69. The molecule has 0 aliphatic rings. The number of hydrogen-bond donors (Lipinski definition) is 1. The average Bonchev–Trinajstić information content (AvgIpc) is 2.82. The number of hydrogen-bond acceptors (Lipinski definition) is 3. The molecular formula is C13H9N3O2. The van der Waals surface area contributed by atoms with E-state index in [9.17, 15) is 4.79 Å². The van der Waals surface area contributed by atoms with Gasteiger partial charge in [-0.2, -0.15) is 5.10 Å². The Morgan fingerprint density at radius 2 is 1.94 bits per heavy atom. The first-order valence-corrected chi connectivity index (χ1v) is 5.38. The molecule has 0 bridgehead atoms. The molecule has 3 aromatic rings. The number of carbonyl (C=O) groups is 1. The molecule has 0 saturated carbocycles. The van der Waals surface area contributed by atoms with E-state index in [-0.39, 0.29) is 5.56 Å². The van der Waals surface area contributed by atoms with Gasteiger partial charge in [0.2, 0.25) is 0 Å². The topological polar surface area (TPSA) is 68.0 Å². The summed E-state index contributed by atoms with van der Waals surface area (Å²) in [5.74, 6) is -0.940. The van der Waals surface area contributed by atoms with Crippen molar-refractivity contribution >= 4 is 17.0 Å².